The molecule has 2 aromatic rings. The minimum absolute atomic E-state index is 0.159. The molecule has 26 heavy (non-hydrogen) atoms. The van der Waals surface area contributed by atoms with Crippen LogP contribution in [0.3, 0.4) is 0 Å². The highest BCUT2D eigenvalue weighted by Crippen LogP contribution is 2.24. The van der Waals surface area contributed by atoms with Crippen LogP contribution in [0.4, 0.5) is 5.69 Å². The number of benzene rings is 2. The number of esters is 1. The van der Waals surface area contributed by atoms with Crippen LogP contribution in [0.15, 0.2) is 53.4 Å². The maximum absolute atomic E-state index is 11.9. The number of thioether (sulfide) groups is 1. The molecule has 8 heteroatoms. The van der Waals surface area contributed by atoms with E-state index in [9.17, 15) is 14.4 Å². The van der Waals surface area contributed by atoms with Crippen molar-refractivity contribution < 1.29 is 23.9 Å². The number of anilines is 1. The summed E-state index contributed by atoms with van der Waals surface area (Å²) in [6.45, 7) is -0.888. The highest BCUT2D eigenvalue weighted by Gasteiger charge is 2.13. The summed E-state index contributed by atoms with van der Waals surface area (Å²) in [7, 11) is 0. The summed E-state index contributed by atoms with van der Waals surface area (Å²) in [6, 6.07) is 13.6. The van der Waals surface area contributed by atoms with Crippen LogP contribution in [-0.2, 0) is 14.3 Å². The second kappa shape index (κ2) is 9.47. The summed E-state index contributed by atoms with van der Waals surface area (Å²) in [5, 5.41) is 2.68. The number of hydrogen-bond donors (Lipinski definition) is 2. The molecule has 2 rings (SSSR count). The second-order valence-electron chi connectivity index (χ2n) is 5.06. The fourth-order valence-corrected chi connectivity index (χ4v) is 2.61. The molecule has 0 bridgehead atoms. The number of para-hydroxylation sites is 2. The molecule has 0 aromatic heterocycles. The zero-order chi connectivity index (χ0) is 18.9. The molecule has 0 aliphatic rings. The number of rotatable bonds is 8. The Morgan fingerprint density at radius 2 is 1.73 bits per heavy atom. The summed E-state index contributed by atoms with van der Waals surface area (Å²) in [4.78, 5) is 35.8. The molecule has 0 heterocycles. The van der Waals surface area contributed by atoms with Crippen molar-refractivity contribution in [1.82, 2.24) is 0 Å². The van der Waals surface area contributed by atoms with Gasteiger partial charge in [-0.2, -0.15) is 0 Å². The van der Waals surface area contributed by atoms with Gasteiger partial charge in [0.25, 0.3) is 11.8 Å². The number of carbonyl (C=O) groups is 3. The third-order valence-electron chi connectivity index (χ3n) is 3.24. The quantitative estimate of drug-likeness (QED) is 0.541. The Kier molecular flexibility index (Phi) is 7.04. The van der Waals surface area contributed by atoms with Crippen LogP contribution in [0, 0.1) is 0 Å². The smallest absolute Gasteiger partial charge is 0.344 e. The Morgan fingerprint density at radius 1 is 1.04 bits per heavy atom. The Balaban J connectivity index is 1.82. The maximum Gasteiger partial charge on any atom is 0.344 e. The lowest BCUT2D eigenvalue weighted by molar-refractivity contribution is -0.149. The first kappa shape index (κ1) is 19.3. The van der Waals surface area contributed by atoms with Crippen LogP contribution < -0.4 is 15.8 Å². The van der Waals surface area contributed by atoms with Gasteiger partial charge in [-0.3, -0.25) is 9.59 Å². The van der Waals surface area contributed by atoms with Crippen molar-refractivity contribution in [3.63, 3.8) is 0 Å². The molecule has 7 nitrogen and oxygen atoms in total. The van der Waals surface area contributed by atoms with Crippen LogP contribution >= 0.6 is 11.8 Å². The summed E-state index contributed by atoms with van der Waals surface area (Å²) in [5.74, 6) is -1.69. The van der Waals surface area contributed by atoms with Crippen molar-refractivity contribution in [2.24, 2.45) is 5.73 Å². The van der Waals surface area contributed by atoms with Crippen LogP contribution in [0.25, 0.3) is 0 Å². The number of primary amides is 1. The summed E-state index contributed by atoms with van der Waals surface area (Å²) in [5.41, 5.74) is 6.03. The molecular formula is C18H18N2O5S. The Hall–Kier alpha value is -3.00. The molecule has 0 radical (unpaired) electrons. The predicted molar refractivity (Wildman–Crippen MR) is 98.3 cm³/mol. The molecule has 0 aliphatic carbocycles. The van der Waals surface area contributed by atoms with Crippen molar-refractivity contribution in [3.05, 3.63) is 54.1 Å². The molecular weight excluding hydrogens is 356 g/mol. The molecule has 2 aromatic carbocycles. The van der Waals surface area contributed by atoms with E-state index in [1.807, 2.05) is 18.4 Å². The van der Waals surface area contributed by atoms with Crippen molar-refractivity contribution >= 4 is 35.2 Å². The Bertz CT molecular complexity index is 810. The van der Waals surface area contributed by atoms with Crippen molar-refractivity contribution in [1.29, 1.82) is 0 Å². The van der Waals surface area contributed by atoms with Crippen LogP contribution in [-0.4, -0.2) is 37.3 Å². The molecule has 0 spiro atoms. The standard InChI is InChI=1S/C18H18N2O5S/c1-26-15-9-5-3-7-13(15)20-16(21)10-25-17(22)11-24-14-8-4-2-6-12(14)18(19)23/h2-9H,10-11H2,1H3,(H2,19,23)(H,20,21). The fraction of sp³-hybridized carbons (Fsp3) is 0.167. The number of nitrogens with one attached hydrogen (secondary N) is 1. The Labute approximate surface area is 154 Å². The average Bonchev–Trinajstić information content (AvgIpc) is 2.65. The normalized spacial score (nSPS) is 10.0. The van der Waals surface area contributed by atoms with Crippen LogP contribution in [0.2, 0.25) is 0 Å². The van der Waals surface area contributed by atoms with E-state index in [1.54, 1.807) is 24.3 Å². The first-order valence-corrected chi connectivity index (χ1v) is 8.84. The monoisotopic (exact) mass is 374 g/mol. The van der Waals surface area contributed by atoms with Crippen molar-refractivity contribution in [2.45, 2.75) is 4.90 Å². The van der Waals surface area contributed by atoms with Gasteiger partial charge in [0.1, 0.15) is 5.75 Å². The SMILES string of the molecule is CSc1ccccc1NC(=O)COC(=O)COc1ccccc1C(N)=O. The molecule has 0 fully saturated rings. The molecule has 3 N–H and O–H groups in total. The number of carbonyl (C=O) groups excluding carboxylic acids is 3. The van der Waals surface area contributed by atoms with Gasteiger partial charge in [0, 0.05) is 4.90 Å². The largest absolute Gasteiger partial charge is 0.481 e. The molecule has 136 valence electrons. The van der Waals surface area contributed by atoms with Gasteiger partial charge < -0.3 is 20.5 Å². The third-order valence-corrected chi connectivity index (χ3v) is 4.04. The van der Waals surface area contributed by atoms with E-state index in [-0.39, 0.29) is 11.3 Å². The van der Waals surface area contributed by atoms with Gasteiger partial charge in [-0.15, -0.1) is 11.8 Å². The van der Waals surface area contributed by atoms with E-state index < -0.39 is 31.0 Å². The number of hydrogen-bond acceptors (Lipinski definition) is 6. The summed E-state index contributed by atoms with van der Waals surface area (Å²) in [6.07, 6.45) is 1.90. The second-order valence-corrected chi connectivity index (χ2v) is 5.91. The first-order valence-electron chi connectivity index (χ1n) is 7.61. The van der Waals surface area contributed by atoms with E-state index in [0.29, 0.717) is 5.69 Å². The topological polar surface area (TPSA) is 108 Å². The summed E-state index contributed by atoms with van der Waals surface area (Å²) >= 11 is 1.49. The minimum atomic E-state index is -0.738. The number of nitrogens with two attached hydrogens (primary N) is 1. The Morgan fingerprint density at radius 3 is 2.46 bits per heavy atom. The molecule has 0 atom stereocenters. The van der Waals surface area contributed by atoms with Gasteiger partial charge in [0.05, 0.1) is 11.3 Å². The van der Waals surface area contributed by atoms with Gasteiger partial charge in [-0.1, -0.05) is 24.3 Å². The highest BCUT2D eigenvalue weighted by molar-refractivity contribution is 7.98. The minimum Gasteiger partial charge on any atom is -0.481 e. The van der Waals surface area contributed by atoms with Crippen LogP contribution in [0.5, 0.6) is 5.75 Å². The number of amides is 2. The first-order chi connectivity index (χ1) is 12.5. The van der Waals surface area contributed by atoms with E-state index in [1.165, 1.54) is 23.9 Å². The van der Waals surface area contributed by atoms with Gasteiger partial charge in [0.2, 0.25) is 0 Å². The molecule has 0 unspecified atom stereocenters. The summed E-state index contributed by atoms with van der Waals surface area (Å²) < 4.78 is 10.1. The number of ether oxygens (including phenoxy) is 2. The van der Waals surface area contributed by atoms with Gasteiger partial charge in [0.15, 0.2) is 13.2 Å². The third kappa shape index (κ3) is 5.52. The lowest BCUT2D eigenvalue weighted by Gasteiger charge is -2.11. The van der Waals surface area contributed by atoms with E-state index in [2.05, 4.69) is 5.32 Å². The zero-order valence-electron chi connectivity index (χ0n) is 14.1. The lowest BCUT2D eigenvalue weighted by atomic mass is 10.2. The van der Waals surface area contributed by atoms with Crippen molar-refractivity contribution in [2.75, 3.05) is 24.8 Å². The zero-order valence-corrected chi connectivity index (χ0v) is 14.9. The fourth-order valence-electron chi connectivity index (χ4n) is 2.05. The maximum atomic E-state index is 11.9. The van der Waals surface area contributed by atoms with Crippen molar-refractivity contribution in [3.8, 4) is 5.75 Å². The van der Waals surface area contributed by atoms with Gasteiger partial charge in [-0.05, 0) is 30.5 Å². The van der Waals surface area contributed by atoms with E-state index >= 15 is 0 Å². The highest BCUT2D eigenvalue weighted by atomic mass is 32.2. The molecule has 0 saturated carbocycles. The lowest BCUT2D eigenvalue weighted by Crippen LogP contribution is -2.24. The predicted octanol–water partition coefficient (Wildman–Crippen LogP) is 2.07. The van der Waals surface area contributed by atoms with Gasteiger partial charge in [-0.25, -0.2) is 4.79 Å². The van der Waals surface area contributed by atoms with Crippen LogP contribution in [0.1, 0.15) is 10.4 Å². The molecule has 0 saturated heterocycles. The van der Waals surface area contributed by atoms with E-state index in [4.69, 9.17) is 15.2 Å². The van der Waals surface area contributed by atoms with E-state index in [0.717, 1.165) is 4.90 Å². The average molecular weight is 374 g/mol. The van der Waals surface area contributed by atoms with Gasteiger partial charge >= 0.3 is 5.97 Å². The molecule has 0 aliphatic heterocycles. The molecule has 2 amide bonds.